The van der Waals surface area contributed by atoms with Gasteiger partial charge < -0.3 is 14.5 Å². The smallest absolute Gasteiger partial charge is 0.374 e. The third-order valence-electron chi connectivity index (χ3n) is 3.30. The normalized spacial score (nSPS) is 11.8. The highest BCUT2D eigenvalue weighted by molar-refractivity contribution is 5.97. The van der Waals surface area contributed by atoms with Gasteiger partial charge in [-0.1, -0.05) is 17.7 Å². The summed E-state index contributed by atoms with van der Waals surface area (Å²) < 4.78 is 10.0. The molecule has 1 atom stereocenters. The maximum Gasteiger partial charge on any atom is 0.374 e. The van der Waals surface area contributed by atoms with E-state index in [1.165, 1.54) is 19.3 Å². The summed E-state index contributed by atoms with van der Waals surface area (Å²) in [5, 5.41) is 2.81. The molecule has 0 unspecified atom stereocenters. The highest BCUT2D eigenvalue weighted by Crippen LogP contribution is 2.22. The molecule has 5 heteroatoms. The van der Waals surface area contributed by atoms with Gasteiger partial charge in [0.25, 0.3) is 5.91 Å². The van der Waals surface area contributed by atoms with Gasteiger partial charge in [0.2, 0.25) is 5.76 Å². The summed E-state index contributed by atoms with van der Waals surface area (Å²) in [7, 11) is 0. The van der Waals surface area contributed by atoms with E-state index in [1.54, 1.807) is 6.07 Å². The fraction of sp³-hybridized carbons (Fsp3) is 0.294. The van der Waals surface area contributed by atoms with Crippen LogP contribution in [0.25, 0.3) is 0 Å². The van der Waals surface area contributed by atoms with Crippen molar-refractivity contribution < 1.29 is 18.7 Å². The number of carbonyl (C=O) groups excluding carboxylic acids is 2. The largest absolute Gasteiger partial charge is 0.457 e. The Hall–Kier alpha value is -2.56. The van der Waals surface area contributed by atoms with E-state index < -0.39 is 12.1 Å². The number of hydrogen-bond acceptors (Lipinski definition) is 4. The van der Waals surface area contributed by atoms with E-state index in [9.17, 15) is 9.59 Å². The first kappa shape index (κ1) is 15.8. The van der Waals surface area contributed by atoms with Gasteiger partial charge in [-0.25, -0.2) is 4.79 Å². The number of anilines is 1. The molecule has 5 nitrogen and oxygen atoms in total. The van der Waals surface area contributed by atoms with Gasteiger partial charge in [-0.3, -0.25) is 4.79 Å². The van der Waals surface area contributed by atoms with Crippen molar-refractivity contribution in [1.82, 2.24) is 0 Å². The van der Waals surface area contributed by atoms with E-state index in [-0.39, 0.29) is 11.7 Å². The molecule has 0 spiro atoms. The molecule has 1 heterocycles. The average molecular weight is 301 g/mol. The molecule has 0 bridgehead atoms. The molecule has 0 aliphatic carbocycles. The van der Waals surface area contributed by atoms with Gasteiger partial charge in [-0.2, -0.15) is 0 Å². The molecular weight excluding hydrogens is 282 g/mol. The fourth-order valence-electron chi connectivity index (χ4n) is 2.27. The van der Waals surface area contributed by atoms with Crippen molar-refractivity contribution in [2.45, 2.75) is 33.8 Å². The maximum atomic E-state index is 12.2. The molecule has 1 amide bonds. The summed E-state index contributed by atoms with van der Waals surface area (Å²) in [6.45, 7) is 7.37. The van der Waals surface area contributed by atoms with Crippen LogP contribution in [0.2, 0.25) is 0 Å². The van der Waals surface area contributed by atoms with Crippen molar-refractivity contribution in [1.29, 1.82) is 0 Å². The Labute approximate surface area is 129 Å². The van der Waals surface area contributed by atoms with E-state index in [0.717, 1.165) is 22.4 Å². The lowest BCUT2D eigenvalue weighted by atomic mass is 10.0. The quantitative estimate of drug-likeness (QED) is 0.879. The van der Waals surface area contributed by atoms with E-state index in [4.69, 9.17) is 9.15 Å². The lowest BCUT2D eigenvalue weighted by molar-refractivity contribution is -0.123. The molecule has 2 aromatic rings. The molecule has 2 rings (SSSR count). The Morgan fingerprint density at radius 2 is 1.82 bits per heavy atom. The molecule has 0 saturated carbocycles. The van der Waals surface area contributed by atoms with E-state index in [2.05, 4.69) is 5.32 Å². The van der Waals surface area contributed by atoms with Crippen LogP contribution in [0.5, 0.6) is 0 Å². The number of benzene rings is 1. The van der Waals surface area contributed by atoms with Crippen LogP contribution in [0.15, 0.2) is 34.9 Å². The van der Waals surface area contributed by atoms with Crippen LogP contribution in [-0.2, 0) is 9.53 Å². The lowest BCUT2D eigenvalue weighted by Gasteiger charge is -2.16. The highest BCUT2D eigenvalue weighted by atomic mass is 16.6. The predicted molar refractivity (Wildman–Crippen MR) is 82.9 cm³/mol. The summed E-state index contributed by atoms with van der Waals surface area (Å²) in [5.41, 5.74) is 3.81. The Morgan fingerprint density at radius 3 is 2.36 bits per heavy atom. The number of ether oxygens (including phenoxy) is 1. The van der Waals surface area contributed by atoms with Crippen molar-refractivity contribution >= 4 is 17.6 Å². The number of aryl methyl sites for hydroxylation is 3. The van der Waals surface area contributed by atoms with Crippen LogP contribution >= 0.6 is 0 Å². The van der Waals surface area contributed by atoms with Gasteiger partial charge in [-0.05, 0) is 51.0 Å². The molecule has 0 fully saturated rings. The van der Waals surface area contributed by atoms with E-state index >= 15 is 0 Å². The van der Waals surface area contributed by atoms with Crippen LogP contribution < -0.4 is 5.32 Å². The molecule has 1 N–H and O–H groups in total. The van der Waals surface area contributed by atoms with Crippen LogP contribution in [0, 0.1) is 20.8 Å². The Morgan fingerprint density at radius 1 is 1.18 bits per heavy atom. The molecule has 0 saturated heterocycles. The van der Waals surface area contributed by atoms with Gasteiger partial charge in [0.05, 0.1) is 6.26 Å². The lowest BCUT2D eigenvalue weighted by Crippen LogP contribution is -2.30. The standard InChI is InChI=1S/C17H19NO4/c1-10-8-11(2)15(12(3)9-10)18-16(19)13(4)22-17(20)14-6-5-7-21-14/h5-9,13H,1-4H3,(H,18,19)/t13-/m1/s1. The molecule has 116 valence electrons. The summed E-state index contributed by atoms with van der Waals surface area (Å²) in [6, 6.07) is 7.05. The zero-order chi connectivity index (χ0) is 16.3. The van der Waals surface area contributed by atoms with Gasteiger partial charge in [0.1, 0.15) is 0 Å². The molecule has 1 aromatic carbocycles. The zero-order valence-corrected chi connectivity index (χ0v) is 13.1. The number of furan rings is 1. The molecule has 0 aliphatic rings. The van der Waals surface area contributed by atoms with Gasteiger partial charge in [0.15, 0.2) is 6.10 Å². The second-order valence-electron chi connectivity index (χ2n) is 5.29. The van der Waals surface area contributed by atoms with Crippen molar-refractivity contribution in [2.75, 3.05) is 5.32 Å². The number of amides is 1. The van der Waals surface area contributed by atoms with Crippen molar-refractivity contribution in [3.05, 3.63) is 53.0 Å². The van der Waals surface area contributed by atoms with Gasteiger partial charge in [-0.15, -0.1) is 0 Å². The first-order valence-electron chi connectivity index (χ1n) is 7.01. The monoisotopic (exact) mass is 301 g/mol. The molecular formula is C17H19NO4. The van der Waals surface area contributed by atoms with Gasteiger partial charge in [0, 0.05) is 5.69 Å². The maximum absolute atomic E-state index is 12.2. The minimum absolute atomic E-state index is 0.0716. The van der Waals surface area contributed by atoms with Crippen molar-refractivity contribution in [3.63, 3.8) is 0 Å². The van der Waals surface area contributed by atoms with Crippen molar-refractivity contribution in [2.24, 2.45) is 0 Å². The molecule has 1 aromatic heterocycles. The van der Waals surface area contributed by atoms with Crippen LogP contribution in [0.3, 0.4) is 0 Å². The first-order chi connectivity index (χ1) is 10.4. The second-order valence-corrected chi connectivity index (χ2v) is 5.29. The second kappa shape index (κ2) is 6.47. The Kier molecular flexibility index (Phi) is 4.65. The molecule has 22 heavy (non-hydrogen) atoms. The fourth-order valence-corrected chi connectivity index (χ4v) is 2.27. The number of esters is 1. The Balaban J connectivity index is 2.04. The molecule has 0 radical (unpaired) electrons. The van der Waals surface area contributed by atoms with Gasteiger partial charge >= 0.3 is 5.97 Å². The average Bonchev–Trinajstić information content (AvgIpc) is 2.96. The van der Waals surface area contributed by atoms with E-state index in [0.29, 0.717) is 0 Å². The Bertz CT molecular complexity index is 666. The predicted octanol–water partition coefficient (Wildman–Crippen LogP) is 3.39. The number of nitrogens with one attached hydrogen (secondary N) is 1. The van der Waals surface area contributed by atoms with Crippen LogP contribution in [0.1, 0.15) is 34.2 Å². The highest BCUT2D eigenvalue weighted by Gasteiger charge is 2.21. The minimum Gasteiger partial charge on any atom is -0.457 e. The summed E-state index contributed by atoms with van der Waals surface area (Å²) in [4.78, 5) is 23.9. The zero-order valence-electron chi connectivity index (χ0n) is 13.1. The van der Waals surface area contributed by atoms with Crippen LogP contribution in [0.4, 0.5) is 5.69 Å². The third kappa shape index (κ3) is 3.55. The van der Waals surface area contributed by atoms with Crippen LogP contribution in [-0.4, -0.2) is 18.0 Å². The number of rotatable bonds is 4. The van der Waals surface area contributed by atoms with E-state index in [1.807, 2.05) is 32.9 Å². The topological polar surface area (TPSA) is 68.5 Å². The van der Waals surface area contributed by atoms with Crippen molar-refractivity contribution in [3.8, 4) is 0 Å². The molecule has 0 aliphatic heterocycles. The third-order valence-corrected chi connectivity index (χ3v) is 3.30. The number of hydrogen-bond donors (Lipinski definition) is 1. The summed E-state index contributed by atoms with van der Waals surface area (Å²) in [6.07, 6.45) is 0.457. The first-order valence-corrected chi connectivity index (χ1v) is 7.01. The summed E-state index contributed by atoms with van der Waals surface area (Å²) in [5.74, 6) is -0.970. The SMILES string of the molecule is Cc1cc(C)c(NC(=O)[C@@H](C)OC(=O)c2ccco2)c(C)c1. The minimum atomic E-state index is -0.919. The summed E-state index contributed by atoms with van der Waals surface area (Å²) >= 11 is 0. The number of carbonyl (C=O) groups is 2.